The van der Waals surface area contributed by atoms with Gasteiger partial charge in [0, 0.05) is 17.4 Å². The van der Waals surface area contributed by atoms with Crippen molar-refractivity contribution in [1.82, 2.24) is 0 Å². The molecule has 3 fully saturated rings. The number of hydrogen-bond acceptors (Lipinski definition) is 2. The van der Waals surface area contributed by atoms with Crippen molar-refractivity contribution in [3.8, 4) is 0 Å². The lowest BCUT2D eigenvalue weighted by atomic mass is 9.69. The van der Waals surface area contributed by atoms with E-state index in [0.717, 1.165) is 37.4 Å². The van der Waals surface area contributed by atoms with Crippen molar-refractivity contribution in [3.63, 3.8) is 0 Å². The molecule has 26 heavy (non-hydrogen) atoms. The largest absolute Gasteiger partial charge is 0.352 e. The molecule has 0 N–H and O–H groups in total. The smallest absolute Gasteiger partial charge is 0.160 e. The van der Waals surface area contributed by atoms with Gasteiger partial charge in [0.1, 0.15) is 0 Å². The van der Waals surface area contributed by atoms with E-state index >= 15 is 0 Å². The molecule has 0 aromatic rings. The molecule has 0 bridgehead atoms. The molecule has 3 rings (SSSR count). The molecule has 0 amide bonds. The Labute approximate surface area is 165 Å². The molecule has 0 spiro atoms. The summed E-state index contributed by atoms with van der Waals surface area (Å²) in [7, 11) is 0. The number of unbranched alkanes of at least 4 members (excludes halogenated alkanes) is 1. The highest BCUT2D eigenvalue weighted by molar-refractivity contribution is 6.25. The molecular formula is C23H37ClO2. The average molecular weight is 381 g/mol. The van der Waals surface area contributed by atoms with E-state index in [4.69, 9.17) is 21.1 Å². The summed E-state index contributed by atoms with van der Waals surface area (Å²) in [5.41, 5.74) is 1.71. The molecular weight excluding hydrogens is 344 g/mol. The van der Waals surface area contributed by atoms with Crippen LogP contribution in [0.1, 0.15) is 70.6 Å². The van der Waals surface area contributed by atoms with Crippen molar-refractivity contribution in [2.75, 3.05) is 13.2 Å². The van der Waals surface area contributed by atoms with E-state index in [1.165, 1.54) is 64.2 Å². The minimum absolute atomic E-state index is 0.0659. The summed E-state index contributed by atoms with van der Waals surface area (Å²) in [5, 5.41) is 0. The monoisotopic (exact) mass is 380 g/mol. The molecule has 2 aliphatic carbocycles. The van der Waals surface area contributed by atoms with Crippen LogP contribution in [0, 0.1) is 29.6 Å². The minimum atomic E-state index is 0.0659. The van der Waals surface area contributed by atoms with Gasteiger partial charge in [-0.1, -0.05) is 23.8 Å². The molecule has 0 atom stereocenters. The normalized spacial score (nSPS) is 39.1. The Kier molecular flexibility index (Phi) is 8.55. The second-order valence-electron chi connectivity index (χ2n) is 8.79. The molecule has 0 unspecified atom stereocenters. The SMILES string of the molecule is C=CCCC[C@H]1CO[C@H](C2CCC([C@H]3CC[C@H](/C=C/Cl)CC3)CC2)OC1. The molecule has 0 aromatic heterocycles. The highest BCUT2D eigenvalue weighted by atomic mass is 35.5. The molecule has 3 aliphatic rings. The number of ether oxygens (including phenoxy) is 2. The first kappa shape index (κ1) is 20.4. The van der Waals surface area contributed by atoms with Crippen LogP contribution in [0.2, 0.25) is 0 Å². The van der Waals surface area contributed by atoms with E-state index in [-0.39, 0.29) is 6.29 Å². The summed E-state index contributed by atoms with van der Waals surface area (Å²) in [6.07, 6.45) is 18.5. The fourth-order valence-electron chi connectivity index (χ4n) is 5.35. The van der Waals surface area contributed by atoms with Crippen LogP contribution in [0.15, 0.2) is 24.3 Å². The maximum absolute atomic E-state index is 6.11. The third-order valence-electron chi connectivity index (χ3n) is 7.04. The Balaban J connectivity index is 1.34. The van der Waals surface area contributed by atoms with Gasteiger partial charge in [-0.3, -0.25) is 0 Å². The Morgan fingerprint density at radius 2 is 1.42 bits per heavy atom. The van der Waals surface area contributed by atoms with E-state index in [9.17, 15) is 0 Å². The molecule has 2 saturated carbocycles. The van der Waals surface area contributed by atoms with Gasteiger partial charge in [-0.15, -0.1) is 6.58 Å². The first-order valence-corrected chi connectivity index (χ1v) is 11.3. The zero-order valence-corrected chi connectivity index (χ0v) is 17.0. The Morgan fingerprint density at radius 1 is 0.846 bits per heavy atom. The molecule has 148 valence electrons. The second-order valence-corrected chi connectivity index (χ2v) is 9.04. The van der Waals surface area contributed by atoms with Crippen LogP contribution in [0.3, 0.4) is 0 Å². The van der Waals surface area contributed by atoms with E-state index in [0.29, 0.717) is 11.8 Å². The Morgan fingerprint density at radius 3 is 2.00 bits per heavy atom. The summed E-state index contributed by atoms with van der Waals surface area (Å²) in [5.74, 6) is 3.81. The van der Waals surface area contributed by atoms with Gasteiger partial charge >= 0.3 is 0 Å². The zero-order valence-electron chi connectivity index (χ0n) is 16.3. The summed E-state index contributed by atoms with van der Waals surface area (Å²) in [6, 6.07) is 0. The molecule has 1 aliphatic heterocycles. The third-order valence-corrected chi connectivity index (χ3v) is 7.19. The topological polar surface area (TPSA) is 18.5 Å². The fraction of sp³-hybridized carbons (Fsp3) is 0.826. The number of halogens is 1. The average Bonchev–Trinajstić information content (AvgIpc) is 2.70. The van der Waals surface area contributed by atoms with Crippen LogP contribution < -0.4 is 0 Å². The van der Waals surface area contributed by atoms with Gasteiger partial charge in [-0.25, -0.2) is 0 Å². The van der Waals surface area contributed by atoms with Gasteiger partial charge in [0.25, 0.3) is 0 Å². The number of allylic oxidation sites excluding steroid dienone is 2. The van der Waals surface area contributed by atoms with Gasteiger partial charge in [0.05, 0.1) is 13.2 Å². The minimum Gasteiger partial charge on any atom is -0.352 e. The van der Waals surface area contributed by atoms with Gasteiger partial charge in [0.2, 0.25) is 0 Å². The molecule has 0 aromatic carbocycles. The van der Waals surface area contributed by atoms with Gasteiger partial charge in [0.15, 0.2) is 6.29 Å². The van der Waals surface area contributed by atoms with Crippen LogP contribution in [-0.4, -0.2) is 19.5 Å². The van der Waals surface area contributed by atoms with Crippen LogP contribution in [0.5, 0.6) is 0 Å². The van der Waals surface area contributed by atoms with Crippen LogP contribution in [-0.2, 0) is 9.47 Å². The fourth-order valence-corrected chi connectivity index (χ4v) is 5.55. The first-order chi connectivity index (χ1) is 12.8. The van der Waals surface area contributed by atoms with Gasteiger partial charge in [-0.2, -0.15) is 0 Å². The summed E-state index contributed by atoms with van der Waals surface area (Å²) in [6.45, 7) is 5.57. The molecule has 1 saturated heterocycles. The van der Waals surface area contributed by atoms with Crippen molar-refractivity contribution in [2.24, 2.45) is 29.6 Å². The van der Waals surface area contributed by atoms with Crippen molar-refractivity contribution in [1.29, 1.82) is 0 Å². The summed E-state index contributed by atoms with van der Waals surface area (Å²) < 4.78 is 12.2. The maximum atomic E-state index is 6.11. The molecule has 0 radical (unpaired) electrons. The van der Waals surface area contributed by atoms with Crippen molar-refractivity contribution in [2.45, 2.75) is 76.9 Å². The second kappa shape index (κ2) is 10.9. The predicted molar refractivity (Wildman–Crippen MR) is 109 cm³/mol. The standard InChI is InChI=1S/C23H37ClO2/c1-2-3-4-5-19-16-25-23(26-17-19)22-12-10-21(11-13-22)20-8-6-18(7-9-20)14-15-24/h2,14-15,18-23H,1,3-13,16-17H2/b15-14+/t18-,19-,20-,21?,22?,23-. The molecule has 1 heterocycles. The summed E-state index contributed by atoms with van der Waals surface area (Å²) in [4.78, 5) is 0. The highest BCUT2D eigenvalue weighted by Gasteiger charge is 2.35. The molecule has 3 heteroatoms. The first-order valence-electron chi connectivity index (χ1n) is 10.9. The van der Waals surface area contributed by atoms with E-state index < -0.39 is 0 Å². The third kappa shape index (κ3) is 5.84. The lowest BCUT2D eigenvalue weighted by Gasteiger charge is -2.40. The van der Waals surface area contributed by atoms with Crippen LogP contribution in [0.4, 0.5) is 0 Å². The van der Waals surface area contributed by atoms with E-state index in [1.807, 2.05) is 6.08 Å². The van der Waals surface area contributed by atoms with Crippen molar-refractivity contribution < 1.29 is 9.47 Å². The number of hydrogen-bond donors (Lipinski definition) is 0. The maximum Gasteiger partial charge on any atom is 0.160 e. The van der Waals surface area contributed by atoms with Crippen molar-refractivity contribution >= 4 is 11.6 Å². The quantitative estimate of drug-likeness (QED) is 0.361. The van der Waals surface area contributed by atoms with Gasteiger partial charge < -0.3 is 9.47 Å². The van der Waals surface area contributed by atoms with Crippen LogP contribution in [0.25, 0.3) is 0 Å². The summed E-state index contributed by atoms with van der Waals surface area (Å²) >= 11 is 5.74. The van der Waals surface area contributed by atoms with Crippen LogP contribution >= 0.6 is 11.6 Å². The zero-order chi connectivity index (χ0) is 18.2. The lowest BCUT2D eigenvalue weighted by molar-refractivity contribution is -0.230. The number of rotatable bonds is 7. The lowest BCUT2D eigenvalue weighted by Crippen LogP contribution is -2.39. The van der Waals surface area contributed by atoms with E-state index in [2.05, 4.69) is 12.7 Å². The van der Waals surface area contributed by atoms with Crippen molar-refractivity contribution in [3.05, 3.63) is 24.3 Å². The predicted octanol–water partition coefficient (Wildman–Crippen LogP) is 6.70. The Bertz CT molecular complexity index is 425. The Hall–Kier alpha value is -0.310. The molecule has 2 nitrogen and oxygen atoms in total. The van der Waals surface area contributed by atoms with Gasteiger partial charge in [-0.05, 0) is 88.4 Å². The van der Waals surface area contributed by atoms with E-state index in [1.54, 1.807) is 5.54 Å². The highest BCUT2D eigenvalue weighted by Crippen LogP contribution is 2.43.